The van der Waals surface area contributed by atoms with Gasteiger partial charge in [0.2, 0.25) is 0 Å². The van der Waals surface area contributed by atoms with Crippen molar-refractivity contribution < 1.29 is 14.6 Å². The van der Waals surface area contributed by atoms with Gasteiger partial charge in [0.05, 0.1) is 6.10 Å². The highest BCUT2D eigenvalue weighted by Gasteiger charge is 2.18. The van der Waals surface area contributed by atoms with Crippen LogP contribution < -0.4 is 15.5 Å². The monoisotopic (exact) mass is 341 g/mol. The van der Waals surface area contributed by atoms with Crippen molar-refractivity contribution in [2.75, 3.05) is 18.4 Å². The molecule has 2 aromatic carbocycles. The highest BCUT2D eigenvalue weighted by atomic mass is 16.5. The van der Waals surface area contributed by atoms with E-state index in [1.54, 1.807) is 0 Å². The smallest absolute Gasteiger partial charge is 0.333 e. The Balaban J connectivity index is 1.44. The summed E-state index contributed by atoms with van der Waals surface area (Å²) in [7, 11) is 0. The van der Waals surface area contributed by atoms with Crippen LogP contribution in [0.25, 0.3) is 0 Å². The van der Waals surface area contributed by atoms with Crippen molar-refractivity contribution in [2.24, 2.45) is 0 Å². The van der Waals surface area contributed by atoms with Gasteiger partial charge in [-0.25, -0.2) is 9.80 Å². The topological polar surface area (TPSA) is 73.8 Å². The summed E-state index contributed by atoms with van der Waals surface area (Å²) in [4.78, 5) is 12.0. The van der Waals surface area contributed by atoms with E-state index in [0.717, 1.165) is 17.0 Å². The minimum absolute atomic E-state index is 0.258. The summed E-state index contributed by atoms with van der Waals surface area (Å²) in [6, 6.07) is 16.9. The molecule has 0 saturated carbocycles. The summed E-state index contributed by atoms with van der Waals surface area (Å²) in [6.07, 6.45) is 1.10. The van der Waals surface area contributed by atoms with E-state index >= 15 is 0 Å². The number of nitrogens with one attached hydrogen (secondary N) is 2. The number of hydrazine groups is 1. The number of aliphatic hydroxyl groups is 1. The SMILES string of the molecule is O=C(Nc1ccc(COc2ccccc2)cc1)NN1CCC(O)CC1. The molecule has 2 aromatic rings. The number of hydrogen-bond acceptors (Lipinski definition) is 4. The zero-order valence-electron chi connectivity index (χ0n) is 14.0. The highest BCUT2D eigenvalue weighted by molar-refractivity contribution is 5.88. The number of amides is 2. The molecule has 6 nitrogen and oxygen atoms in total. The van der Waals surface area contributed by atoms with Gasteiger partial charge in [-0.05, 0) is 42.7 Å². The maximum Gasteiger partial charge on any atom is 0.333 e. The molecule has 0 atom stereocenters. The Kier molecular flexibility index (Phi) is 5.87. The summed E-state index contributed by atoms with van der Waals surface area (Å²) in [5.74, 6) is 0.829. The second-order valence-electron chi connectivity index (χ2n) is 6.08. The Hall–Kier alpha value is -2.57. The van der Waals surface area contributed by atoms with Crippen LogP contribution in [0.15, 0.2) is 54.6 Å². The Morgan fingerprint density at radius 1 is 1.08 bits per heavy atom. The van der Waals surface area contributed by atoms with Crippen LogP contribution in [-0.2, 0) is 6.61 Å². The quantitative estimate of drug-likeness (QED) is 0.782. The van der Waals surface area contributed by atoms with Gasteiger partial charge in [-0.1, -0.05) is 30.3 Å². The molecule has 6 heteroatoms. The van der Waals surface area contributed by atoms with E-state index in [9.17, 15) is 9.90 Å². The van der Waals surface area contributed by atoms with E-state index in [1.165, 1.54) is 0 Å². The van der Waals surface area contributed by atoms with Crippen molar-refractivity contribution in [3.8, 4) is 5.75 Å². The molecule has 0 aliphatic carbocycles. The number of para-hydroxylation sites is 1. The van der Waals surface area contributed by atoms with Crippen LogP contribution in [0.5, 0.6) is 5.75 Å². The number of carbonyl (C=O) groups excluding carboxylic acids is 1. The zero-order valence-corrected chi connectivity index (χ0v) is 14.0. The van der Waals surface area contributed by atoms with E-state index in [4.69, 9.17) is 4.74 Å². The lowest BCUT2D eigenvalue weighted by Gasteiger charge is -2.29. The minimum Gasteiger partial charge on any atom is -0.489 e. The molecule has 1 aliphatic heterocycles. The second kappa shape index (κ2) is 8.50. The van der Waals surface area contributed by atoms with Crippen molar-refractivity contribution >= 4 is 11.7 Å². The molecular formula is C19H23N3O3. The molecule has 25 heavy (non-hydrogen) atoms. The molecule has 0 bridgehead atoms. The lowest BCUT2D eigenvalue weighted by Crippen LogP contribution is -2.49. The first-order valence-corrected chi connectivity index (χ1v) is 8.46. The molecule has 1 saturated heterocycles. The average Bonchev–Trinajstić information content (AvgIpc) is 2.64. The third-order valence-electron chi connectivity index (χ3n) is 4.08. The molecular weight excluding hydrogens is 318 g/mol. The Labute approximate surface area is 147 Å². The largest absolute Gasteiger partial charge is 0.489 e. The number of ether oxygens (including phenoxy) is 1. The number of anilines is 1. The molecule has 3 rings (SSSR count). The van der Waals surface area contributed by atoms with Crippen LogP contribution in [0.4, 0.5) is 10.5 Å². The molecule has 0 spiro atoms. The van der Waals surface area contributed by atoms with Crippen molar-refractivity contribution in [1.29, 1.82) is 0 Å². The predicted octanol–water partition coefficient (Wildman–Crippen LogP) is 2.76. The highest BCUT2D eigenvalue weighted by Crippen LogP contribution is 2.14. The Morgan fingerprint density at radius 2 is 1.76 bits per heavy atom. The van der Waals surface area contributed by atoms with E-state index in [2.05, 4.69) is 10.7 Å². The number of urea groups is 1. The third-order valence-corrected chi connectivity index (χ3v) is 4.08. The molecule has 0 radical (unpaired) electrons. The molecule has 3 N–H and O–H groups in total. The number of rotatable bonds is 5. The number of aliphatic hydroxyl groups excluding tert-OH is 1. The first-order valence-electron chi connectivity index (χ1n) is 8.46. The maximum absolute atomic E-state index is 12.0. The first kappa shape index (κ1) is 17.3. The van der Waals surface area contributed by atoms with Gasteiger partial charge in [0.1, 0.15) is 12.4 Å². The van der Waals surface area contributed by atoms with Crippen LogP contribution in [0.3, 0.4) is 0 Å². The summed E-state index contributed by atoms with van der Waals surface area (Å²) in [6.45, 7) is 1.79. The van der Waals surface area contributed by atoms with Crippen LogP contribution in [0.1, 0.15) is 18.4 Å². The summed E-state index contributed by atoms with van der Waals surface area (Å²) in [5.41, 5.74) is 4.54. The van der Waals surface area contributed by atoms with Crippen molar-refractivity contribution in [3.05, 3.63) is 60.2 Å². The zero-order chi connectivity index (χ0) is 17.5. The molecule has 1 heterocycles. The fourth-order valence-corrected chi connectivity index (χ4v) is 2.65. The van der Waals surface area contributed by atoms with Crippen molar-refractivity contribution in [3.63, 3.8) is 0 Å². The molecule has 0 aromatic heterocycles. The van der Waals surface area contributed by atoms with Gasteiger partial charge < -0.3 is 15.2 Å². The lowest BCUT2D eigenvalue weighted by atomic mass is 10.1. The first-order chi connectivity index (χ1) is 12.2. The van der Waals surface area contributed by atoms with Gasteiger partial charge >= 0.3 is 6.03 Å². The lowest BCUT2D eigenvalue weighted by molar-refractivity contribution is 0.0644. The normalized spacial score (nSPS) is 15.6. The second-order valence-corrected chi connectivity index (χ2v) is 6.08. The van der Waals surface area contributed by atoms with Crippen LogP contribution in [-0.4, -0.2) is 35.3 Å². The number of benzene rings is 2. The predicted molar refractivity (Wildman–Crippen MR) is 96.2 cm³/mol. The van der Waals surface area contributed by atoms with Crippen LogP contribution in [0, 0.1) is 0 Å². The van der Waals surface area contributed by atoms with E-state index in [-0.39, 0.29) is 12.1 Å². The number of hydrogen-bond donors (Lipinski definition) is 3. The Morgan fingerprint density at radius 3 is 2.44 bits per heavy atom. The average molecular weight is 341 g/mol. The van der Waals surface area contributed by atoms with Gasteiger partial charge in [-0.15, -0.1) is 0 Å². The molecule has 2 amide bonds. The van der Waals surface area contributed by atoms with Gasteiger partial charge in [0.15, 0.2) is 0 Å². The molecule has 1 fully saturated rings. The van der Waals surface area contributed by atoms with Gasteiger partial charge in [-0.3, -0.25) is 5.43 Å². The summed E-state index contributed by atoms with van der Waals surface area (Å²) < 4.78 is 5.70. The van der Waals surface area contributed by atoms with E-state index in [0.29, 0.717) is 32.5 Å². The van der Waals surface area contributed by atoms with Crippen LogP contribution >= 0.6 is 0 Å². The molecule has 132 valence electrons. The van der Waals surface area contributed by atoms with Gasteiger partial charge in [-0.2, -0.15) is 0 Å². The van der Waals surface area contributed by atoms with Crippen molar-refractivity contribution in [1.82, 2.24) is 10.4 Å². The fourth-order valence-electron chi connectivity index (χ4n) is 2.65. The standard InChI is InChI=1S/C19H23N3O3/c23-17-10-12-22(13-11-17)21-19(24)20-16-8-6-15(7-9-16)14-25-18-4-2-1-3-5-18/h1-9,17,23H,10-14H2,(H2,20,21,24). The third kappa shape index (κ3) is 5.48. The summed E-state index contributed by atoms with van der Waals surface area (Å²) >= 11 is 0. The molecule has 0 unspecified atom stereocenters. The maximum atomic E-state index is 12.0. The van der Waals surface area contributed by atoms with E-state index < -0.39 is 0 Å². The fraction of sp³-hybridized carbons (Fsp3) is 0.316. The number of carbonyl (C=O) groups is 1. The summed E-state index contributed by atoms with van der Waals surface area (Å²) in [5, 5.41) is 14.1. The minimum atomic E-state index is -0.273. The molecule has 1 aliphatic rings. The number of piperidine rings is 1. The van der Waals surface area contributed by atoms with Crippen LogP contribution in [0.2, 0.25) is 0 Å². The number of nitrogens with zero attached hydrogens (tertiary/aromatic N) is 1. The van der Waals surface area contributed by atoms with E-state index in [1.807, 2.05) is 59.6 Å². The Bertz CT molecular complexity index is 668. The van der Waals surface area contributed by atoms with Gasteiger partial charge in [0, 0.05) is 18.8 Å². The van der Waals surface area contributed by atoms with Crippen molar-refractivity contribution in [2.45, 2.75) is 25.6 Å². The van der Waals surface area contributed by atoms with Gasteiger partial charge in [0.25, 0.3) is 0 Å².